The van der Waals surface area contributed by atoms with Gasteiger partial charge >= 0.3 is 0 Å². The number of nitrogens with one attached hydrogen (secondary N) is 1. The number of amides is 1. The molecule has 31 heavy (non-hydrogen) atoms. The molecule has 0 aliphatic carbocycles. The SMILES string of the molecule is Cc1cc(=O)c(C(=O)NCc2ccc(N3CCCCCC3)nc2)nn1-c1ccccc1. The van der Waals surface area contributed by atoms with Crippen molar-refractivity contribution in [3.63, 3.8) is 0 Å². The largest absolute Gasteiger partial charge is 0.357 e. The van der Waals surface area contributed by atoms with Gasteiger partial charge in [0.05, 0.1) is 5.69 Å². The molecule has 3 aromatic rings. The van der Waals surface area contributed by atoms with Crippen LogP contribution in [0.1, 0.15) is 47.4 Å². The summed E-state index contributed by atoms with van der Waals surface area (Å²) in [7, 11) is 0. The highest BCUT2D eigenvalue weighted by Crippen LogP contribution is 2.17. The minimum Gasteiger partial charge on any atom is -0.357 e. The molecule has 0 unspecified atom stereocenters. The van der Waals surface area contributed by atoms with Gasteiger partial charge < -0.3 is 10.2 Å². The first-order valence-electron chi connectivity index (χ1n) is 10.8. The van der Waals surface area contributed by atoms with E-state index in [1.54, 1.807) is 17.8 Å². The summed E-state index contributed by atoms with van der Waals surface area (Å²) in [6.45, 7) is 4.15. The maximum atomic E-state index is 12.7. The van der Waals surface area contributed by atoms with Crippen LogP contribution in [0.5, 0.6) is 0 Å². The van der Waals surface area contributed by atoms with Crippen LogP contribution in [0.2, 0.25) is 0 Å². The van der Waals surface area contributed by atoms with Crippen molar-refractivity contribution in [2.45, 2.75) is 39.2 Å². The van der Waals surface area contributed by atoms with Crippen molar-refractivity contribution in [1.82, 2.24) is 20.1 Å². The maximum Gasteiger partial charge on any atom is 0.276 e. The van der Waals surface area contributed by atoms with Crippen LogP contribution in [-0.4, -0.2) is 33.8 Å². The van der Waals surface area contributed by atoms with Gasteiger partial charge in [-0.25, -0.2) is 9.67 Å². The van der Waals surface area contributed by atoms with Gasteiger partial charge in [0.25, 0.3) is 5.91 Å². The summed E-state index contributed by atoms with van der Waals surface area (Å²) < 4.78 is 1.61. The number of rotatable bonds is 5. The van der Waals surface area contributed by atoms with E-state index in [4.69, 9.17) is 0 Å². The van der Waals surface area contributed by atoms with E-state index in [2.05, 4.69) is 20.3 Å². The molecule has 0 spiro atoms. The van der Waals surface area contributed by atoms with Crippen LogP contribution in [0.3, 0.4) is 0 Å². The normalized spacial score (nSPS) is 14.2. The van der Waals surface area contributed by atoms with E-state index in [0.717, 1.165) is 30.2 Å². The van der Waals surface area contributed by atoms with Gasteiger partial charge in [0.15, 0.2) is 5.69 Å². The predicted octanol–water partition coefficient (Wildman–Crippen LogP) is 3.25. The second kappa shape index (κ2) is 9.55. The number of hydrogen-bond donors (Lipinski definition) is 1. The smallest absolute Gasteiger partial charge is 0.276 e. The standard InChI is InChI=1S/C24H27N5O2/c1-18-15-21(30)23(27-29(18)20-9-5-4-6-10-20)24(31)26-17-19-11-12-22(25-16-19)28-13-7-2-3-8-14-28/h4-6,9-12,15-16H,2-3,7-8,13-14,17H2,1H3,(H,26,31). The highest BCUT2D eigenvalue weighted by Gasteiger charge is 2.16. The van der Waals surface area contributed by atoms with Crippen LogP contribution in [0.4, 0.5) is 5.82 Å². The topological polar surface area (TPSA) is 80.1 Å². The third kappa shape index (κ3) is 4.99. The molecule has 4 rings (SSSR count). The summed E-state index contributed by atoms with van der Waals surface area (Å²) in [6, 6.07) is 14.8. The zero-order valence-electron chi connectivity index (χ0n) is 17.8. The van der Waals surface area contributed by atoms with Gasteiger partial charge in [0.1, 0.15) is 5.82 Å². The predicted molar refractivity (Wildman–Crippen MR) is 121 cm³/mol. The number of aryl methyl sites for hydroxylation is 1. The van der Waals surface area contributed by atoms with Crippen molar-refractivity contribution in [1.29, 1.82) is 0 Å². The van der Waals surface area contributed by atoms with Crippen molar-refractivity contribution in [2.75, 3.05) is 18.0 Å². The van der Waals surface area contributed by atoms with E-state index in [1.165, 1.54) is 31.7 Å². The molecule has 2 aromatic heterocycles. The van der Waals surface area contributed by atoms with Crippen molar-refractivity contribution >= 4 is 11.7 Å². The van der Waals surface area contributed by atoms with Crippen molar-refractivity contribution in [3.05, 3.63) is 81.9 Å². The van der Waals surface area contributed by atoms with Crippen LogP contribution in [0.25, 0.3) is 5.69 Å². The zero-order chi connectivity index (χ0) is 21.6. The molecule has 0 atom stereocenters. The van der Waals surface area contributed by atoms with Gasteiger partial charge in [0.2, 0.25) is 5.43 Å². The molecule has 1 saturated heterocycles. The number of benzene rings is 1. The van der Waals surface area contributed by atoms with Crippen molar-refractivity contribution in [2.24, 2.45) is 0 Å². The summed E-state index contributed by atoms with van der Waals surface area (Å²) in [6.07, 6.45) is 6.73. The lowest BCUT2D eigenvalue weighted by atomic mass is 10.2. The zero-order valence-corrected chi connectivity index (χ0v) is 17.8. The molecule has 1 aliphatic rings. The summed E-state index contributed by atoms with van der Waals surface area (Å²) >= 11 is 0. The molecule has 1 aliphatic heterocycles. The van der Waals surface area contributed by atoms with Crippen LogP contribution < -0.4 is 15.6 Å². The molecule has 0 bridgehead atoms. The lowest BCUT2D eigenvalue weighted by molar-refractivity contribution is 0.0943. The number of nitrogens with zero attached hydrogens (tertiary/aromatic N) is 4. The van der Waals surface area contributed by atoms with E-state index in [-0.39, 0.29) is 12.2 Å². The van der Waals surface area contributed by atoms with Gasteiger partial charge in [-0.15, -0.1) is 0 Å². The number of para-hydroxylation sites is 1. The van der Waals surface area contributed by atoms with E-state index in [0.29, 0.717) is 5.69 Å². The highest BCUT2D eigenvalue weighted by molar-refractivity contribution is 5.92. The van der Waals surface area contributed by atoms with Gasteiger partial charge in [-0.1, -0.05) is 37.1 Å². The molecule has 160 valence electrons. The average molecular weight is 418 g/mol. The molecule has 0 saturated carbocycles. The fraction of sp³-hybridized carbons (Fsp3) is 0.333. The van der Waals surface area contributed by atoms with E-state index < -0.39 is 11.3 Å². The Morgan fingerprint density at radius 3 is 2.45 bits per heavy atom. The fourth-order valence-electron chi connectivity index (χ4n) is 3.81. The summed E-state index contributed by atoms with van der Waals surface area (Å²) in [5, 5.41) is 7.10. The molecule has 1 N–H and O–H groups in total. The number of aromatic nitrogens is 3. The van der Waals surface area contributed by atoms with Crippen LogP contribution in [0, 0.1) is 6.92 Å². The Bertz CT molecular complexity index is 1090. The lowest BCUT2D eigenvalue weighted by Crippen LogP contribution is -2.31. The first kappa shape index (κ1) is 20.8. The Morgan fingerprint density at radius 2 is 1.77 bits per heavy atom. The van der Waals surface area contributed by atoms with Crippen LogP contribution >= 0.6 is 0 Å². The molecule has 3 heterocycles. The fourth-order valence-corrected chi connectivity index (χ4v) is 3.81. The van der Waals surface area contributed by atoms with Gasteiger partial charge in [-0.05, 0) is 43.5 Å². The molecular formula is C24H27N5O2. The van der Waals surface area contributed by atoms with E-state index in [1.807, 2.05) is 42.5 Å². The monoisotopic (exact) mass is 417 g/mol. The molecule has 0 radical (unpaired) electrons. The van der Waals surface area contributed by atoms with Gasteiger partial charge in [-0.3, -0.25) is 9.59 Å². The molecule has 1 amide bonds. The molecule has 1 aromatic carbocycles. The minimum atomic E-state index is -0.494. The van der Waals surface area contributed by atoms with Crippen LogP contribution in [0.15, 0.2) is 59.5 Å². The van der Waals surface area contributed by atoms with E-state index in [9.17, 15) is 9.59 Å². The quantitative estimate of drug-likeness (QED) is 0.689. The highest BCUT2D eigenvalue weighted by atomic mass is 16.2. The van der Waals surface area contributed by atoms with Gasteiger partial charge in [-0.2, -0.15) is 5.10 Å². The third-order valence-electron chi connectivity index (χ3n) is 5.52. The Balaban J connectivity index is 1.44. The van der Waals surface area contributed by atoms with Crippen LogP contribution in [-0.2, 0) is 6.54 Å². The molecular weight excluding hydrogens is 390 g/mol. The Morgan fingerprint density at radius 1 is 1.03 bits per heavy atom. The third-order valence-corrected chi connectivity index (χ3v) is 5.52. The molecule has 7 nitrogen and oxygen atoms in total. The Labute approximate surface area is 181 Å². The molecule has 7 heteroatoms. The van der Waals surface area contributed by atoms with Crippen molar-refractivity contribution < 1.29 is 4.79 Å². The lowest BCUT2D eigenvalue weighted by Gasteiger charge is -2.21. The second-order valence-corrected chi connectivity index (χ2v) is 7.85. The summed E-state index contributed by atoms with van der Waals surface area (Å²) in [5.74, 6) is 0.481. The summed E-state index contributed by atoms with van der Waals surface area (Å²) in [4.78, 5) is 31.9. The Hall–Kier alpha value is -3.48. The maximum absolute atomic E-state index is 12.7. The number of carbonyl (C=O) groups excluding carboxylic acids is 1. The number of carbonyl (C=O) groups is 1. The average Bonchev–Trinajstić information content (AvgIpc) is 3.08. The number of anilines is 1. The number of hydrogen-bond acceptors (Lipinski definition) is 5. The molecule has 1 fully saturated rings. The minimum absolute atomic E-state index is 0.122. The number of pyridine rings is 1. The Kier molecular flexibility index (Phi) is 6.40. The van der Waals surface area contributed by atoms with Crippen molar-refractivity contribution in [3.8, 4) is 5.69 Å². The van der Waals surface area contributed by atoms with E-state index >= 15 is 0 Å². The van der Waals surface area contributed by atoms with Gasteiger partial charge in [0, 0.05) is 37.6 Å². The second-order valence-electron chi connectivity index (χ2n) is 7.85. The first-order valence-corrected chi connectivity index (χ1v) is 10.8. The summed E-state index contributed by atoms with van der Waals surface area (Å²) in [5.41, 5.74) is 1.83. The first-order chi connectivity index (χ1) is 15.1.